The first-order valence-electron chi connectivity index (χ1n) is 8.04. The molecule has 7 nitrogen and oxygen atoms in total. The molecule has 1 aliphatic heterocycles. The highest BCUT2D eigenvalue weighted by Gasteiger charge is 2.35. The summed E-state index contributed by atoms with van der Waals surface area (Å²) >= 11 is 11.2. The molecule has 1 saturated heterocycles. The van der Waals surface area contributed by atoms with Gasteiger partial charge in [-0.1, -0.05) is 17.7 Å². The van der Waals surface area contributed by atoms with E-state index in [4.69, 9.17) is 28.2 Å². The van der Waals surface area contributed by atoms with Gasteiger partial charge >= 0.3 is 5.97 Å². The quantitative estimate of drug-likeness (QED) is 0.330. The summed E-state index contributed by atoms with van der Waals surface area (Å²) in [5, 5.41) is 0.350. The first-order valence-corrected chi connectivity index (χ1v) is 8.83. The summed E-state index contributed by atoms with van der Waals surface area (Å²) in [6, 6.07) is 8.05. The SMILES string of the molecule is COC(=O)c1ccc(-c2ccc(C=C3C(=O)N(C)C(=S)N(C)C3=O)o2)cc1Cl. The van der Waals surface area contributed by atoms with E-state index >= 15 is 0 Å². The summed E-state index contributed by atoms with van der Waals surface area (Å²) in [5.74, 6) is -0.775. The van der Waals surface area contributed by atoms with Gasteiger partial charge < -0.3 is 9.15 Å². The lowest BCUT2D eigenvalue weighted by atomic mass is 10.1. The molecule has 2 aromatic rings. The van der Waals surface area contributed by atoms with Gasteiger partial charge in [0.2, 0.25) is 0 Å². The third-order valence-electron chi connectivity index (χ3n) is 4.22. The molecule has 0 atom stereocenters. The average Bonchev–Trinajstić information content (AvgIpc) is 3.16. The lowest BCUT2D eigenvalue weighted by Crippen LogP contribution is -2.52. The van der Waals surface area contributed by atoms with Crippen LogP contribution in [0, 0.1) is 0 Å². The van der Waals surface area contributed by atoms with E-state index in [1.807, 2.05) is 0 Å². The van der Waals surface area contributed by atoms with Crippen molar-refractivity contribution >= 4 is 52.8 Å². The van der Waals surface area contributed by atoms with Crippen molar-refractivity contribution in [1.82, 2.24) is 9.80 Å². The van der Waals surface area contributed by atoms with Gasteiger partial charge in [0.1, 0.15) is 17.1 Å². The van der Waals surface area contributed by atoms with E-state index in [-0.39, 0.29) is 21.3 Å². The molecule has 0 N–H and O–H groups in total. The van der Waals surface area contributed by atoms with E-state index < -0.39 is 17.8 Å². The predicted molar refractivity (Wildman–Crippen MR) is 107 cm³/mol. The Balaban J connectivity index is 1.92. The van der Waals surface area contributed by atoms with Gasteiger partial charge in [-0.2, -0.15) is 0 Å². The van der Waals surface area contributed by atoms with Crippen molar-refractivity contribution in [3.63, 3.8) is 0 Å². The van der Waals surface area contributed by atoms with E-state index in [1.165, 1.54) is 43.1 Å². The van der Waals surface area contributed by atoms with Crippen molar-refractivity contribution in [1.29, 1.82) is 0 Å². The fraction of sp³-hybridized carbons (Fsp3) is 0.158. The van der Waals surface area contributed by atoms with Crippen LogP contribution in [0.4, 0.5) is 0 Å². The number of benzene rings is 1. The Morgan fingerprint density at radius 1 is 1.14 bits per heavy atom. The Labute approximate surface area is 171 Å². The first-order chi connectivity index (χ1) is 13.2. The zero-order chi connectivity index (χ0) is 20.6. The molecular formula is C19H15ClN2O5S. The standard InChI is InChI=1S/C19H15ClN2O5S/c1-21-16(23)13(17(24)22(2)19(21)28)9-11-5-7-15(27-11)10-4-6-12(14(20)8-10)18(25)26-3/h4-9H,1-3H3. The number of ether oxygens (including phenoxy) is 1. The minimum atomic E-state index is -0.540. The van der Waals surface area contributed by atoms with Crippen molar-refractivity contribution < 1.29 is 23.5 Å². The number of likely N-dealkylation sites (N-methyl/N-ethyl adjacent to an activating group) is 2. The second-order valence-electron chi connectivity index (χ2n) is 5.96. The molecule has 1 fully saturated rings. The van der Waals surface area contributed by atoms with Crippen LogP contribution in [0.1, 0.15) is 16.1 Å². The number of hydrogen-bond donors (Lipinski definition) is 0. The molecule has 0 saturated carbocycles. The molecule has 0 unspecified atom stereocenters. The van der Waals surface area contributed by atoms with Crippen LogP contribution in [0.15, 0.2) is 40.3 Å². The monoisotopic (exact) mass is 418 g/mol. The van der Waals surface area contributed by atoms with Gasteiger partial charge in [-0.15, -0.1) is 0 Å². The highest BCUT2D eigenvalue weighted by Crippen LogP contribution is 2.29. The van der Waals surface area contributed by atoms with Gasteiger partial charge in [-0.3, -0.25) is 19.4 Å². The van der Waals surface area contributed by atoms with E-state index in [2.05, 4.69) is 4.74 Å². The molecule has 1 aromatic carbocycles. The number of furan rings is 1. The number of halogens is 1. The lowest BCUT2D eigenvalue weighted by molar-refractivity contribution is -0.132. The zero-order valence-corrected chi connectivity index (χ0v) is 16.8. The molecule has 144 valence electrons. The maximum absolute atomic E-state index is 12.4. The fourth-order valence-electron chi connectivity index (χ4n) is 2.65. The number of esters is 1. The molecule has 0 radical (unpaired) electrons. The lowest BCUT2D eigenvalue weighted by Gasteiger charge is -2.31. The van der Waals surface area contributed by atoms with Gasteiger partial charge in [0.15, 0.2) is 5.11 Å². The summed E-state index contributed by atoms with van der Waals surface area (Å²) in [6.07, 6.45) is 1.37. The molecule has 0 bridgehead atoms. The van der Waals surface area contributed by atoms with Crippen molar-refractivity contribution in [3.05, 3.63) is 52.3 Å². The van der Waals surface area contributed by atoms with Crippen LogP contribution in [0.5, 0.6) is 0 Å². The Kier molecular flexibility index (Phi) is 5.35. The van der Waals surface area contributed by atoms with Crippen LogP contribution in [0.25, 0.3) is 17.4 Å². The Morgan fingerprint density at radius 2 is 1.79 bits per heavy atom. The minimum absolute atomic E-state index is 0.0569. The van der Waals surface area contributed by atoms with Crippen molar-refractivity contribution in [2.24, 2.45) is 0 Å². The Hall–Kier alpha value is -2.97. The molecule has 0 spiro atoms. The van der Waals surface area contributed by atoms with Crippen molar-refractivity contribution in [2.45, 2.75) is 0 Å². The predicted octanol–water partition coefficient (Wildman–Crippen LogP) is 2.99. The van der Waals surface area contributed by atoms with E-state index in [1.54, 1.807) is 24.3 Å². The molecular weight excluding hydrogens is 404 g/mol. The largest absolute Gasteiger partial charge is 0.465 e. The van der Waals surface area contributed by atoms with E-state index in [0.717, 1.165) is 0 Å². The number of methoxy groups -OCH3 is 1. The molecule has 1 aromatic heterocycles. The maximum atomic E-state index is 12.4. The second-order valence-corrected chi connectivity index (χ2v) is 6.73. The summed E-state index contributed by atoms with van der Waals surface area (Å²) in [6.45, 7) is 0. The van der Waals surface area contributed by atoms with E-state index in [9.17, 15) is 14.4 Å². The zero-order valence-electron chi connectivity index (χ0n) is 15.2. The normalized spacial score (nSPS) is 14.6. The fourth-order valence-corrected chi connectivity index (χ4v) is 3.07. The Morgan fingerprint density at radius 3 is 2.36 bits per heavy atom. The highest BCUT2D eigenvalue weighted by atomic mass is 35.5. The van der Waals surface area contributed by atoms with Gasteiger partial charge in [0, 0.05) is 19.7 Å². The minimum Gasteiger partial charge on any atom is -0.465 e. The number of carbonyl (C=O) groups is 3. The van der Waals surface area contributed by atoms with Gasteiger partial charge in [0.05, 0.1) is 17.7 Å². The van der Waals surface area contributed by atoms with Gasteiger partial charge in [-0.05, 0) is 42.6 Å². The molecule has 1 aliphatic rings. The Bertz CT molecular complexity index is 1020. The van der Waals surface area contributed by atoms with Crippen LogP contribution in [-0.2, 0) is 14.3 Å². The van der Waals surface area contributed by atoms with Crippen molar-refractivity contribution in [3.8, 4) is 11.3 Å². The summed E-state index contributed by atoms with van der Waals surface area (Å²) in [5.41, 5.74) is 0.805. The summed E-state index contributed by atoms with van der Waals surface area (Å²) < 4.78 is 10.4. The molecule has 28 heavy (non-hydrogen) atoms. The number of amides is 2. The number of nitrogens with zero attached hydrogens (tertiary/aromatic N) is 2. The maximum Gasteiger partial charge on any atom is 0.339 e. The van der Waals surface area contributed by atoms with Crippen LogP contribution < -0.4 is 0 Å². The van der Waals surface area contributed by atoms with Gasteiger partial charge in [0.25, 0.3) is 11.8 Å². The first kappa shape index (κ1) is 19.8. The molecule has 0 aliphatic carbocycles. The number of hydrogen-bond acceptors (Lipinski definition) is 6. The van der Waals surface area contributed by atoms with Crippen LogP contribution in [-0.4, -0.2) is 53.9 Å². The van der Waals surface area contributed by atoms with Crippen LogP contribution in [0.3, 0.4) is 0 Å². The third-order valence-corrected chi connectivity index (χ3v) is 5.08. The number of thiocarbonyl (C=S) groups is 1. The summed E-state index contributed by atoms with van der Waals surface area (Å²) in [7, 11) is 4.27. The molecule has 3 rings (SSSR count). The number of carbonyl (C=O) groups excluding carboxylic acids is 3. The van der Waals surface area contributed by atoms with Crippen LogP contribution >= 0.6 is 23.8 Å². The molecule has 9 heteroatoms. The van der Waals surface area contributed by atoms with Crippen LogP contribution in [0.2, 0.25) is 5.02 Å². The molecule has 2 amide bonds. The molecule has 2 heterocycles. The summed E-state index contributed by atoms with van der Waals surface area (Å²) in [4.78, 5) is 38.8. The smallest absolute Gasteiger partial charge is 0.339 e. The highest BCUT2D eigenvalue weighted by molar-refractivity contribution is 7.80. The van der Waals surface area contributed by atoms with Gasteiger partial charge in [-0.25, -0.2) is 4.79 Å². The average molecular weight is 419 g/mol. The van der Waals surface area contributed by atoms with Crippen molar-refractivity contribution in [2.75, 3.05) is 21.2 Å². The van der Waals surface area contributed by atoms with E-state index in [0.29, 0.717) is 17.1 Å². The second kappa shape index (κ2) is 7.57. The number of rotatable bonds is 3. The topological polar surface area (TPSA) is 80.1 Å². The third kappa shape index (κ3) is 3.44.